The summed E-state index contributed by atoms with van der Waals surface area (Å²) in [4.78, 5) is 20.5. The fraction of sp³-hybridized carbons (Fsp3) is 0.118. The Morgan fingerprint density at radius 2 is 2.13 bits per heavy atom. The van der Waals surface area contributed by atoms with E-state index in [1.165, 1.54) is 17.4 Å². The molecule has 3 rings (SSSR count). The third-order valence-corrected chi connectivity index (χ3v) is 3.97. The molecule has 1 aromatic carbocycles. The molecule has 1 amide bonds. The molecule has 0 aliphatic rings. The molecule has 0 bridgehead atoms. The van der Waals surface area contributed by atoms with E-state index in [0.29, 0.717) is 5.69 Å². The number of carbonyl (C=O) groups is 1. The fourth-order valence-corrected chi connectivity index (χ4v) is 2.76. The minimum absolute atomic E-state index is 0.170. The van der Waals surface area contributed by atoms with E-state index in [1.54, 1.807) is 12.3 Å². The number of aromatic nitrogens is 2. The normalized spacial score (nSPS) is 12.6. The van der Waals surface area contributed by atoms with E-state index in [9.17, 15) is 9.90 Å². The van der Waals surface area contributed by atoms with Crippen molar-refractivity contribution in [2.45, 2.75) is 6.10 Å². The summed E-state index contributed by atoms with van der Waals surface area (Å²) < 4.78 is 0. The topological polar surface area (TPSA) is 75.1 Å². The third-order valence-electron chi connectivity index (χ3n) is 3.27. The Labute approximate surface area is 137 Å². The number of amides is 1. The first-order valence-corrected chi connectivity index (χ1v) is 8.04. The maximum absolute atomic E-state index is 11.8. The molecule has 0 fully saturated rings. The van der Waals surface area contributed by atoms with Gasteiger partial charge in [0.05, 0.1) is 29.0 Å². The lowest BCUT2D eigenvalue weighted by Gasteiger charge is -2.08. The maximum atomic E-state index is 11.8. The zero-order valence-corrected chi connectivity index (χ0v) is 13.0. The Morgan fingerprint density at radius 3 is 2.91 bits per heavy atom. The van der Waals surface area contributed by atoms with E-state index in [2.05, 4.69) is 15.3 Å². The summed E-state index contributed by atoms with van der Waals surface area (Å²) in [6.45, 7) is 0.170. The van der Waals surface area contributed by atoms with Crippen LogP contribution in [0.25, 0.3) is 17.1 Å². The van der Waals surface area contributed by atoms with Crippen LogP contribution < -0.4 is 5.32 Å². The lowest BCUT2D eigenvalue weighted by molar-refractivity contribution is -0.116. The molecule has 1 atom stereocenters. The number of thiophene rings is 1. The van der Waals surface area contributed by atoms with E-state index in [-0.39, 0.29) is 12.5 Å². The van der Waals surface area contributed by atoms with Gasteiger partial charge >= 0.3 is 0 Å². The van der Waals surface area contributed by atoms with Crippen molar-refractivity contribution >= 4 is 34.4 Å². The molecular weight excluding hydrogens is 310 g/mol. The summed E-state index contributed by atoms with van der Waals surface area (Å²) in [5, 5.41) is 16.3. The van der Waals surface area contributed by atoms with Crippen LogP contribution in [-0.2, 0) is 4.79 Å². The first kappa shape index (κ1) is 15.3. The van der Waals surface area contributed by atoms with Gasteiger partial charge in [-0.05, 0) is 40.6 Å². The van der Waals surface area contributed by atoms with Gasteiger partial charge in [-0.25, -0.2) is 4.98 Å². The average molecular weight is 325 g/mol. The predicted octanol–water partition coefficient (Wildman–Crippen LogP) is 2.55. The molecule has 0 saturated carbocycles. The molecule has 23 heavy (non-hydrogen) atoms. The molecule has 0 saturated heterocycles. The molecule has 0 spiro atoms. The largest absolute Gasteiger partial charge is 0.387 e. The minimum atomic E-state index is -0.695. The smallest absolute Gasteiger partial charge is 0.244 e. The van der Waals surface area contributed by atoms with Crippen LogP contribution in [0.4, 0.5) is 0 Å². The van der Waals surface area contributed by atoms with E-state index >= 15 is 0 Å². The SMILES string of the molecule is O=C(/C=C/c1cnc2ccccc2n1)NCC(O)c1ccsc1. The molecule has 0 aliphatic heterocycles. The second-order valence-electron chi connectivity index (χ2n) is 4.93. The molecular formula is C17H15N3O2S. The Morgan fingerprint density at radius 1 is 1.30 bits per heavy atom. The van der Waals surface area contributed by atoms with Crippen molar-refractivity contribution in [3.63, 3.8) is 0 Å². The number of carbonyl (C=O) groups excluding carboxylic acids is 1. The first-order valence-electron chi connectivity index (χ1n) is 7.10. The van der Waals surface area contributed by atoms with Crippen molar-refractivity contribution in [3.8, 4) is 0 Å². The lowest BCUT2D eigenvalue weighted by atomic mass is 10.2. The summed E-state index contributed by atoms with van der Waals surface area (Å²) in [6, 6.07) is 9.38. The van der Waals surface area contributed by atoms with Gasteiger partial charge < -0.3 is 10.4 Å². The van der Waals surface area contributed by atoms with E-state index in [4.69, 9.17) is 0 Å². The number of fused-ring (bicyclic) bond motifs is 1. The van der Waals surface area contributed by atoms with E-state index in [0.717, 1.165) is 16.6 Å². The second kappa shape index (κ2) is 7.13. The highest BCUT2D eigenvalue weighted by molar-refractivity contribution is 7.07. The maximum Gasteiger partial charge on any atom is 0.244 e. The Bertz CT molecular complexity index is 831. The van der Waals surface area contributed by atoms with Crippen LogP contribution in [0.1, 0.15) is 17.4 Å². The van der Waals surface area contributed by atoms with Crippen LogP contribution in [0.5, 0.6) is 0 Å². The molecule has 2 heterocycles. The number of para-hydroxylation sites is 2. The molecule has 2 N–H and O–H groups in total. The summed E-state index contributed by atoms with van der Waals surface area (Å²) in [5.41, 5.74) is 3.01. The van der Waals surface area contributed by atoms with Crippen LogP contribution in [0, 0.1) is 0 Å². The van der Waals surface area contributed by atoms with Crippen molar-refractivity contribution in [2.75, 3.05) is 6.54 Å². The molecule has 3 aromatic rings. The summed E-state index contributed by atoms with van der Waals surface area (Å²) >= 11 is 1.51. The fourth-order valence-electron chi connectivity index (χ4n) is 2.05. The molecule has 0 radical (unpaired) electrons. The van der Waals surface area contributed by atoms with Crippen LogP contribution in [-0.4, -0.2) is 27.5 Å². The lowest BCUT2D eigenvalue weighted by Crippen LogP contribution is -2.26. The summed E-state index contributed by atoms with van der Waals surface area (Å²) in [7, 11) is 0. The van der Waals surface area contributed by atoms with E-state index in [1.807, 2.05) is 41.1 Å². The van der Waals surface area contributed by atoms with Gasteiger partial charge in [0.25, 0.3) is 0 Å². The highest BCUT2D eigenvalue weighted by atomic mass is 32.1. The van der Waals surface area contributed by atoms with Crippen molar-refractivity contribution < 1.29 is 9.90 Å². The Balaban J connectivity index is 1.59. The Hall–Kier alpha value is -2.57. The summed E-state index contributed by atoms with van der Waals surface area (Å²) in [5.74, 6) is -0.283. The van der Waals surface area contributed by atoms with Gasteiger partial charge in [0, 0.05) is 12.6 Å². The van der Waals surface area contributed by atoms with Crippen molar-refractivity contribution in [2.24, 2.45) is 0 Å². The minimum Gasteiger partial charge on any atom is -0.387 e. The van der Waals surface area contributed by atoms with Crippen LogP contribution >= 0.6 is 11.3 Å². The first-order chi connectivity index (χ1) is 11.2. The van der Waals surface area contributed by atoms with Gasteiger partial charge in [-0.15, -0.1) is 0 Å². The number of benzene rings is 1. The second-order valence-corrected chi connectivity index (χ2v) is 5.71. The van der Waals surface area contributed by atoms with Crippen molar-refractivity contribution in [1.82, 2.24) is 15.3 Å². The highest BCUT2D eigenvalue weighted by Gasteiger charge is 2.08. The van der Waals surface area contributed by atoms with Gasteiger partial charge in [-0.3, -0.25) is 9.78 Å². The van der Waals surface area contributed by atoms with Gasteiger partial charge in [0.2, 0.25) is 5.91 Å². The zero-order valence-electron chi connectivity index (χ0n) is 12.2. The molecule has 116 valence electrons. The number of aliphatic hydroxyl groups is 1. The van der Waals surface area contributed by atoms with Crippen LogP contribution in [0.15, 0.2) is 53.4 Å². The van der Waals surface area contributed by atoms with Gasteiger partial charge in [-0.1, -0.05) is 12.1 Å². The number of aliphatic hydroxyl groups excluding tert-OH is 1. The number of rotatable bonds is 5. The number of hydrogen-bond donors (Lipinski definition) is 2. The molecule has 1 unspecified atom stereocenters. The number of nitrogens with one attached hydrogen (secondary N) is 1. The molecule has 6 heteroatoms. The quantitative estimate of drug-likeness (QED) is 0.707. The standard InChI is InChI=1S/C17H15N3O2S/c21-16(12-7-8-23-11-12)10-19-17(22)6-5-13-9-18-14-3-1-2-4-15(14)20-13/h1-9,11,16,21H,10H2,(H,19,22)/b6-5+. The van der Waals surface area contributed by atoms with Gasteiger partial charge in [-0.2, -0.15) is 11.3 Å². The monoisotopic (exact) mass is 325 g/mol. The Kier molecular flexibility index (Phi) is 4.75. The number of hydrogen-bond acceptors (Lipinski definition) is 5. The molecule has 5 nitrogen and oxygen atoms in total. The number of nitrogens with zero attached hydrogens (tertiary/aromatic N) is 2. The highest BCUT2D eigenvalue weighted by Crippen LogP contribution is 2.15. The third kappa shape index (κ3) is 4.00. The van der Waals surface area contributed by atoms with Gasteiger partial charge in [0.15, 0.2) is 0 Å². The van der Waals surface area contributed by atoms with Crippen molar-refractivity contribution in [3.05, 3.63) is 64.6 Å². The molecule has 0 aliphatic carbocycles. The van der Waals surface area contributed by atoms with Crippen LogP contribution in [0.2, 0.25) is 0 Å². The van der Waals surface area contributed by atoms with Crippen molar-refractivity contribution in [1.29, 1.82) is 0 Å². The zero-order chi connectivity index (χ0) is 16.1. The predicted molar refractivity (Wildman–Crippen MR) is 90.9 cm³/mol. The van der Waals surface area contributed by atoms with Crippen LogP contribution in [0.3, 0.4) is 0 Å². The molecule has 2 aromatic heterocycles. The van der Waals surface area contributed by atoms with Gasteiger partial charge in [0.1, 0.15) is 0 Å². The average Bonchev–Trinajstić information content (AvgIpc) is 3.12. The summed E-state index contributed by atoms with van der Waals surface area (Å²) in [6.07, 6.45) is 3.91. The van der Waals surface area contributed by atoms with E-state index < -0.39 is 6.10 Å².